The number of nitrogens with one attached hydrogen (secondary N) is 1. The number of pyridine rings is 1. The van der Waals surface area contributed by atoms with E-state index in [0.29, 0.717) is 5.92 Å². The second-order valence-electron chi connectivity index (χ2n) is 5.69. The molecule has 0 saturated heterocycles. The van der Waals surface area contributed by atoms with E-state index in [1.807, 2.05) is 12.3 Å². The molecular formula is C17H22N2O. The Kier molecular flexibility index (Phi) is 3.88. The molecule has 0 aliphatic heterocycles. The van der Waals surface area contributed by atoms with Gasteiger partial charge in [0.25, 0.3) is 0 Å². The minimum atomic E-state index is 0.659. The van der Waals surface area contributed by atoms with Crippen LogP contribution >= 0.6 is 0 Å². The molecule has 20 heavy (non-hydrogen) atoms. The minimum absolute atomic E-state index is 0.659. The van der Waals surface area contributed by atoms with E-state index in [9.17, 15) is 0 Å². The first-order valence-corrected chi connectivity index (χ1v) is 7.50. The fourth-order valence-corrected chi connectivity index (χ4v) is 2.66. The van der Waals surface area contributed by atoms with E-state index in [1.165, 1.54) is 12.0 Å². The van der Waals surface area contributed by atoms with E-state index >= 15 is 0 Å². The molecule has 2 heterocycles. The van der Waals surface area contributed by atoms with Gasteiger partial charge in [-0.25, -0.2) is 0 Å². The van der Waals surface area contributed by atoms with Crippen LogP contribution in [0.2, 0.25) is 0 Å². The van der Waals surface area contributed by atoms with Crippen LogP contribution in [-0.4, -0.2) is 4.98 Å². The van der Waals surface area contributed by atoms with Crippen molar-refractivity contribution in [2.45, 2.75) is 45.7 Å². The van der Waals surface area contributed by atoms with Gasteiger partial charge in [-0.3, -0.25) is 4.98 Å². The van der Waals surface area contributed by atoms with Crippen molar-refractivity contribution in [3.63, 3.8) is 0 Å². The zero-order valence-corrected chi connectivity index (χ0v) is 12.2. The molecule has 0 amide bonds. The van der Waals surface area contributed by atoms with Crippen LogP contribution in [0.15, 0.2) is 34.9 Å². The maximum absolute atomic E-state index is 5.89. The van der Waals surface area contributed by atoms with Gasteiger partial charge in [0, 0.05) is 18.7 Å². The molecule has 3 heteroatoms. The van der Waals surface area contributed by atoms with Crippen LogP contribution in [0.5, 0.6) is 0 Å². The Morgan fingerprint density at radius 1 is 1.30 bits per heavy atom. The third kappa shape index (κ3) is 2.93. The Labute approximate surface area is 120 Å². The van der Waals surface area contributed by atoms with Crippen molar-refractivity contribution in [1.29, 1.82) is 0 Å². The maximum Gasteiger partial charge on any atom is 0.117 e. The minimum Gasteiger partial charge on any atom is -0.464 e. The van der Waals surface area contributed by atoms with Crippen molar-refractivity contribution < 1.29 is 4.42 Å². The predicted molar refractivity (Wildman–Crippen MR) is 79.4 cm³/mol. The average Bonchev–Trinajstić information content (AvgIpc) is 3.01. The molecule has 2 aromatic rings. The quantitative estimate of drug-likeness (QED) is 0.870. The first-order chi connectivity index (χ1) is 9.78. The third-order valence-electron chi connectivity index (χ3n) is 4.11. The summed E-state index contributed by atoms with van der Waals surface area (Å²) in [5.41, 5.74) is 2.45. The molecule has 106 valence electrons. The normalized spacial score (nSPS) is 21.1. The highest BCUT2D eigenvalue weighted by Crippen LogP contribution is 2.47. The van der Waals surface area contributed by atoms with Crippen molar-refractivity contribution >= 4 is 0 Å². The van der Waals surface area contributed by atoms with E-state index in [-0.39, 0.29) is 0 Å². The first-order valence-electron chi connectivity index (χ1n) is 7.50. The Bertz CT molecular complexity index is 576. The van der Waals surface area contributed by atoms with Crippen LogP contribution in [0.4, 0.5) is 0 Å². The lowest BCUT2D eigenvalue weighted by Gasteiger charge is -2.07. The molecule has 0 spiro atoms. The molecule has 0 radical (unpaired) electrons. The lowest BCUT2D eigenvalue weighted by Crippen LogP contribution is -2.14. The molecule has 3 nitrogen and oxygen atoms in total. The fraction of sp³-hybridized carbons (Fsp3) is 0.471. The summed E-state index contributed by atoms with van der Waals surface area (Å²) in [6, 6.07) is 8.36. The zero-order valence-electron chi connectivity index (χ0n) is 12.2. The fourth-order valence-electron chi connectivity index (χ4n) is 2.66. The summed E-state index contributed by atoms with van der Waals surface area (Å²) < 4.78 is 5.89. The van der Waals surface area contributed by atoms with E-state index in [2.05, 4.69) is 42.3 Å². The summed E-state index contributed by atoms with van der Waals surface area (Å²) in [6.45, 7) is 6.00. The highest BCUT2D eigenvalue weighted by atomic mass is 16.3. The van der Waals surface area contributed by atoms with E-state index in [1.54, 1.807) is 0 Å². The van der Waals surface area contributed by atoms with Gasteiger partial charge in [0.2, 0.25) is 0 Å². The maximum atomic E-state index is 5.89. The molecule has 2 aromatic heterocycles. The number of aryl methyl sites for hydroxylation is 1. The first kappa shape index (κ1) is 13.4. The van der Waals surface area contributed by atoms with Crippen molar-refractivity contribution in [3.05, 3.63) is 53.2 Å². The van der Waals surface area contributed by atoms with Crippen molar-refractivity contribution in [2.75, 3.05) is 0 Å². The molecule has 2 atom stereocenters. The molecule has 2 unspecified atom stereocenters. The van der Waals surface area contributed by atoms with Crippen LogP contribution < -0.4 is 5.32 Å². The Morgan fingerprint density at radius 3 is 2.90 bits per heavy atom. The molecule has 0 bridgehead atoms. The number of nitrogens with zero attached hydrogens (tertiary/aromatic N) is 1. The second-order valence-corrected chi connectivity index (χ2v) is 5.69. The zero-order chi connectivity index (χ0) is 13.9. The number of hydrogen-bond acceptors (Lipinski definition) is 3. The van der Waals surface area contributed by atoms with Crippen LogP contribution in [0.1, 0.15) is 49.0 Å². The Balaban J connectivity index is 1.53. The molecule has 0 aromatic carbocycles. The monoisotopic (exact) mass is 270 g/mol. The third-order valence-corrected chi connectivity index (χ3v) is 4.11. The Morgan fingerprint density at radius 2 is 2.15 bits per heavy atom. The van der Waals surface area contributed by atoms with Gasteiger partial charge in [-0.15, -0.1) is 0 Å². The second kappa shape index (κ2) is 5.80. The van der Waals surface area contributed by atoms with Gasteiger partial charge in [-0.05, 0) is 42.5 Å². The van der Waals surface area contributed by atoms with Crippen LogP contribution in [0, 0.1) is 5.92 Å². The molecule has 1 aliphatic carbocycles. The highest BCUT2D eigenvalue weighted by molar-refractivity contribution is 5.20. The summed E-state index contributed by atoms with van der Waals surface area (Å²) in [5.74, 6) is 3.63. The molecule has 1 aliphatic rings. The van der Waals surface area contributed by atoms with Gasteiger partial charge in [-0.2, -0.15) is 0 Å². The smallest absolute Gasteiger partial charge is 0.117 e. The molecular weight excluding hydrogens is 248 g/mol. The summed E-state index contributed by atoms with van der Waals surface area (Å²) in [4.78, 5) is 4.44. The Hall–Kier alpha value is -1.61. The largest absolute Gasteiger partial charge is 0.464 e. The van der Waals surface area contributed by atoms with Crippen LogP contribution in [0.3, 0.4) is 0 Å². The number of hydrogen-bond donors (Lipinski definition) is 1. The molecule has 1 saturated carbocycles. The van der Waals surface area contributed by atoms with E-state index in [4.69, 9.17) is 4.42 Å². The van der Waals surface area contributed by atoms with Gasteiger partial charge in [0.05, 0.1) is 12.2 Å². The van der Waals surface area contributed by atoms with Gasteiger partial charge in [-0.1, -0.05) is 19.9 Å². The summed E-state index contributed by atoms with van der Waals surface area (Å²) in [7, 11) is 0. The number of aromatic nitrogens is 1. The highest BCUT2D eigenvalue weighted by Gasteiger charge is 2.36. The SMILES string of the molecule is CCc1cccnc1CNCc1ccc(C2CC2C)o1. The lowest BCUT2D eigenvalue weighted by molar-refractivity contribution is 0.443. The molecule has 3 rings (SSSR count). The van der Waals surface area contributed by atoms with Gasteiger partial charge >= 0.3 is 0 Å². The molecule has 1 fully saturated rings. The van der Waals surface area contributed by atoms with Gasteiger partial charge in [0.1, 0.15) is 11.5 Å². The van der Waals surface area contributed by atoms with Crippen molar-refractivity contribution in [2.24, 2.45) is 5.92 Å². The molecule has 1 N–H and O–H groups in total. The van der Waals surface area contributed by atoms with Crippen LogP contribution in [-0.2, 0) is 19.5 Å². The standard InChI is InChI=1S/C17H22N2O/c1-3-13-5-4-8-19-16(13)11-18-10-14-6-7-17(20-14)15-9-12(15)2/h4-8,12,15,18H,3,9-11H2,1-2H3. The topological polar surface area (TPSA) is 38.1 Å². The van der Waals surface area contributed by atoms with Gasteiger partial charge in [0.15, 0.2) is 0 Å². The van der Waals surface area contributed by atoms with E-state index < -0.39 is 0 Å². The summed E-state index contributed by atoms with van der Waals surface area (Å²) >= 11 is 0. The van der Waals surface area contributed by atoms with Crippen LogP contribution in [0.25, 0.3) is 0 Å². The number of furan rings is 1. The number of rotatable bonds is 6. The lowest BCUT2D eigenvalue weighted by atomic mass is 10.1. The van der Waals surface area contributed by atoms with Crippen molar-refractivity contribution in [3.8, 4) is 0 Å². The summed E-state index contributed by atoms with van der Waals surface area (Å²) in [5, 5.41) is 3.42. The van der Waals surface area contributed by atoms with Crippen molar-refractivity contribution in [1.82, 2.24) is 10.3 Å². The average molecular weight is 270 g/mol. The van der Waals surface area contributed by atoms with Gasteiger partial charge < -0.3 is 9.73 Å². The summed E-state index contributed by atoms with van der Waals surface area (Å²) in [6.07, 6.45) is 4.15. The predicted octanol–water partition coefficient (Wildman–Crippen LogP) is 3.65. The van der Waals surface area contributed by atoms with E-state index in [0.717, 1.165) is 42.6 Å².